The number of alkyl halides is 3. The molecule has 3 aromatic heterocycles. The number of rotatable bonds is 6. The highest BCUT2D eigenvalue weighted by atomic mass is 19.4. The number of para-hydroxylation sites is 1. The molecule has 0 spiro atoms. The molecule has 0 radical (unpaired) electrons. The molecular formula is C61H37F3N6. The van der Waals surface area contributed by atoms with Crippen molar-refractivity contribution in [1.82, 2.24) is 14.1 Å². The Hall–Kier alpha value is -9.31. The van der Waals surface area contributed by atoms with Crippen LogP contribution >= 0.6 is 0 Å². The summed E-state index contributed by atoms with van der Waals surface area (Å²) in [6.07, 6.45) is 8.34. The standard InChI is InChI=1S/C61H37F3N6/c62-61(63,64)51-19-11-16-44(36-65)59(51)49-26-27-56(69-54-20-9-7-17-45(54)47-24-22-40(34-57(47)69)42-28-30-67-52(32-42)38-12-3-1-4-13-38)50(37-66)60(49)70-55-21-10-8-18-46(55)48-25-23-41(35-58(48)70)43-29-31-68-53(33-43)39-14-5-2-6-15-39/h1-16,18-27,29-35H,17,28H2. The van der Waals surface area contributed by atoms with Crippen molar-refractivity contribution in [3.8, 4) is 57.0 Å². The summed E-state index contributed by atoms with van der Waals surface area (Å²) < 4.78 is 50.1. The number of halogens is 3. The van der Waals surface area contributed by atoms with Crippen molar-refractivity contribution in [3.05, 3.63) is 227 Å². The Labute approximate surface area is 400 Å². The highest BCUT2D eigenvalue weighted by molar-refractivity contribution is 6.11. The third-order valence-electron chi connectivity index (χ3n) is 13.4. The lowest BCUT2D eigenvalue weighted by Gasteiger charge is -2.22. The molecule has 0 saturated carbocycles. The average molecular weight is 911 g/mol. The Morgan fingerprint density at radius 3 is 2.14 bits per heavy atom. The van der Waals surface area contributed by atoms with E-state index in [4.69, 9.17) is 4.99 Å². The first kappa shape index (κ1) is 42.1. The fraction of sp³-hybridized carbons (Fsp3) is 0.0492. The van der Waals surface area contributed by atoms with Gasteiger partial charge in [0.05, 0.1) is 61.9 Å². The summed E-state index contributed by atoms with van der Waals surface area (Å²) in [6, 6.07) is 55.7. The second-order valence-corrected chi connectivity index (χ2v) is 17.4. The zero-order valence-corrected chi connectivity index (χ0v) is 37.3. The minimum atomic E-state index is -4.83. The summed E-state index contributed by atoms with van der Waals surface area (Å²) in [4.78, 5) is 9.39. The molecule has 6 nitrogen and oxygen atoms in total. The molecule has 0 fully saturated rings. The lowest BCUT2D eigenvalue weighted by Crippen LogP contribution is -2.21. The first-order chi connectivity index (χ1) is 34.3. The van der Waals surface area contributed by atoms with Crippen LogP contribution in [-0.2, 0) is 12.6 Å². The van der Waals surface area contributed by atoms with Crippen LogP contribution in [0, 0.1) is 22.7 Å². The van der Waals surface area contributed by atoms with Crippen molar-refractivity contribution in [2.45, 2.75) is 19.0 Å². The third kappa shape index (κ3) is 6.95. The van der Waals surface area contributed by atoms with E-state index in [-0.39, 0.29) is 27.9 Å². The number of aromatic nitrogens is 3. The Balaban J connectivity index is 1.19. The maximum absolute atomic E-state index is 15.4. The number of nitriles is 2. The van der Waals surface area contributed by atoms with E-state index in [1.165, 1.54) is 12.1 Å². The van der Waals surface area contributed by atoms with Crippen molar-refractivity contribution in [3.63, 3.8) is 0 Å². The normalized spacial score (nSPS) is 14.0. The maximum atomic E-state index is 15.4. The number of fused-ring (bicyclic) bond motifs is 6. The van der Waals surface area contributed by atoms with Gasteiger partial charge in [-0.05, 0) is 94.6 Å². The van der Waals surface area contributed by atoms with E-state index in [0.29, 0.717) is 29.6 Å². The van der Waals surface area contributed by atoms with Crippen LogP contribution < -0.4 is 10.6 Å². The predicted molar refractivity (Wildman–Crippen MR) is 274 cm³/mol. The predicted octanol–water partition coefficient (Wildman–Crippen LogP) is 13.4. The van der Waals surface area contributed by atoms with Gasteiger partial charge >= 0.3 is 6.18 Å². The van der Waals surface area contributed by atoms with E-state index in [1.807, 2.05) is 138 Å². The summed E-state index contributed by atoms with van der Waals surface area (Å²) in [5.41, 5.74) is 9.15. The lowest BCUT2D eigenvalue weighted by molar-refractivity contribution is -0.137. The van der Waals surface area contributed by atoms with Crippen molar-refractivity contribution < 1.29 is 13.2 Å². The summed E-state index contributed by atoms with van der Waals surface area (Å²) in [5, 5.41) is 26.9. The lowest BCUT2D eigenvalue weighted by atomic mass is 9.90. The van der Waals surface area contributed by atoms with Crippen LogP contribution in [0.15, 0.2) is 193 Å². The molecule has 12 rings (SSSR count). The molecule has 0 saturated heterocycles. The van der Waals surface area contributed by atoms with Crippen molar-refractivity contribution in [1.29, 1.82) is 10.5 Å². The first-order valence-electron chi connectivity index (χ1n) is 22.9. The second-order valence-electron chi connectivity index (χ2n) is 17.4. The maximum Gasteiger partial charge on any atom is 0.417 e. The number of benzene rings is 7. The van der Waals surface area contributed by atoms with Crippen LogP contribution in [0.3, 0.4) is 0 Å². The fourth-order valence-corrected chi connectivity index (χ4v) is 10.3. The number of hydrogen-bond donors (Lipinski definition) is 0. The van der Waals surface area contributed by atoms with Gasteiger partial charge in [0.2, 0.25) is 0 Å². The molecule has 4 heterocycles. The van der Waals surface area contributed by atoms with Gasteiger partial charge in [-0.3, -0.25) is 9.98 Å². The van der Waals surface area contributed by atoms with Crippen molar-refractivity contribution >= 4 is 56.3 Å². The molecule has 10 aromatic rings. The monoisotopic (exact) mass is 910 g/mol. The molecule has 0 atom stereocenters. The number of aliphatic imine (C=N–C) groups is 1. The molecule has 0 unspecified atom stereocenters. The van der Waals surface area contributed by atoms with Crippen LogP contribution in [0.25, 0.3) is 94.9 Å². The molecule has 0 N–H and O–H groups in total. The van der Waals surface area contributed by atoms with Gasteiger partial charge in [0, 0.05) is 57.2 Å². The summed E-state index contributed by atoms with van der Waals surface area (Å²) >= 11 is 0. The van der Waals surface area contributed by atoms with Crippen LogP contribution in [0.5, 0.6) is 0 Å². The highest BCUT2D eigenvalue weighted by Gasteiger charge is 2.37. The van der Waals surface area contributed by atoms with Crippen LogP contribution in [0.1, 0.15) is 34.2 Å². The van der Waals surface area contributed by atoms with E-state index >= 15 is 13.2 Å². The molecule has 9 heteroatoms. The highest BCUT2D eigenvalue weighted by Crippen LogP contribution is 2.46. The molecule has 7 aromatic carbocycles. The van der Waals surface area contributed by atoms with Gasteiger partial charge in [-0.15, -0.1) is 0 Å². The van der Waals surface area contributed by atoms with Crippen molar-refractivity contribution in [2.75, 3.05) is 0 Å². The van der Waals surface area contributed by atoms with Crippen LogP contribution in [0.2, 0.25) is 0 Å². The smallest absolute Gasteiger partial charge is 0.308 e. The molecular weight excluding hydrogens is 874 g/mol. The molecule has 0 bridgehead atoms. The summed E-state index contributed by atoms with van der Waals surface area (Å²) in [5.74, 6) is 0. The van der Waals surface area contributed by atoms with Gasteiger partial charge in [0.25, 0.3) is 0 Å². The van der Waals surface area contributed by atoms with E-state index in [9.17, 15) is 10.5 Å². The minimum absolute atomic E-state index is 0.0960. The Morgan fingerprint density at radius 2 is 1.34 bits per heavy atom. The largest absolute Gasteiger partial charge is 0.417 e. The second kappa shape index (κ2) is 16.8. The van der Waals surface area contributed by atoms with Gasteiger partial charge in [-0.25, -0.2) is 0 Å². The van der Waals surface area contributed by atoms with Gasteiger partial charge in [-0.1, -0.05) is 127 Å². The third-order valence-corrected chi connectivity index (χ3v) is 13.4. The fourth-order valence-electron chi connectivity index (χ4n) is 10.3. The number of nitrogens with zero attached hydrogens (tertiary/aromatic N) is 6. The summed E-state index contributed by atoms with van der Waals surface area (Å²) in [7, 11) is 0. The molecule has 1 aliphatic heterocycles. The van der Waals surface area contributed by atoms with E-state index in [1.54, 1.807) is 18.3 Å². The topological polar surface area (TPSA) is 82.7 Å². The minimum Gasteiger partial charge on any atom is -0.308 e. The van der Waals surface area contributed by atoms with Gasteiger partial charge in [0.1, 0.15) is 11.6 Å². The quantitative estimate of drug-likeness (QED) is 0.167. The molecule has 2 aliphatic rings. The van der Waals surface area contributed by atoms with Gasteiger partial charge in [-0.2, -0.15) is 23.7 Å². The molecule has 1 aliphatic carbocycles. The van der Waals surface area contributed by atoms with E-state index in [0.717, 1.165) is 83.1 Å². The Kier molecular flexibility index (Phi) is 10.1. The summed E-state index contributed by atoms with van der Waals surface area (Å²) in [6.45, 7) is 0. The number of allylic oxidation sites excluding steroid dienone is 3. The van der Waals surface area contributed by atoms with Crippen molar-refractivity contribution in [2.24, 2.45) is 4.99 Å². The SMILES string of the molecule is N#Cc1cccc(C(F)(F)F)c1-c1ccc(-n2c3c(c4ccc(=C5C=C(c6ccccc6)N=CC5)cc42)CC=CC=3)c(C#N)c1-n1c2ccccc2c2ccc(-c3ccnc(-c4ccccc4)c3)cc21. The molecule has 70 heavy (non-hydrogen) atoms. The van der Waals surface area contributed by atoms with Crippen LogP contribution in [0.4, 0.5) is 13.2 Å². The van der Waals surface area contributed by atoms with Gasteiger partial charge < -0.3 is 9.13 Å². The van der Waals surface area contributed by atoms with E-state index in [2.05, 4.69) is 52.0 Å². The zero-order valence-electron chi connectivity index (χ0n) is 37.3. The number of hydrogen-bond acceptors (Lipinski definition) is 4. The Morgan fingerprint density at radius 1 is 0.600 bits per heavy atom. The van der Waals surface area contributed by atoms with Gasteiger partial charge in [0.15, 0.2) is 0 Å². The molecule has 0 amide bonds. The zero-order chi connectivity index (χ0) is 47.5. The van der Waals surface area contributed by atoms with E-state index < -0.39 is 11.7 Å². The average Bonchev–Trinajstić information content (AvgIpc) is 3.92. The number of pyridine rings is 1. The van der Waals surface area contributed by atoms with Crippen LogP contribution in [-0.4, -0.2) is 20.3 Å². The Bertz CT molecular complexity index is 4120. The first-order valence-corrected chi connectivity index (χ1v) is 22.9. The molecule has 332 valence electrons.